The van der Waals surface area contributed by atoms with Crippen LogP contribution >= 0.6 is 0 Å². The van der Waals surface area contributed by atoms with E-state index in [0.29, 0.717) is 12.5 Å². The van der Waals surface area contributed by atoms with Gasteiger partial charge in [-0.2, -0.15) is 5.10 Å². The lowest BCUT2D eigenvalue weighted by atomic mass is 10.2. The number of rotatable bonds is 10. The van der Waals surface area contributed by atoms with E-state index < -0.39 is 22.5 Å². The molecule has 3 rings (SSSR count). The molecule has 1 heterocycles. The van der Waals surface area contributed by atoms with E-state index in [-0.39, 0.29) is 10.7 Å². The summed E-state index contributed by atoms with van der Waals surface area (Å²) in [6.45, 7) is 4.29. The number of nitrogens with zero attached hydrogens (tertiary/aromatic N) is 3. The molecule has 2 aromatic carbocycles. The summed E-state index contributed by atoms with van der Waals surface area (Å²) in [5, 5.41) is 3.94. The summed E-state index contributed by atoms with van der Waals surface area (Å²) in [7, 11) is -4.00. The molecule has 1 amide bonds. The van der Waals surface area contributed by atoms with E-state index in [9.17, 15) is 13.2 Å². The molecule has 0 aliphatic carbocycles. The summed E-state index contributed by atoms with van der Waals surface area (Å²) in [4.78, 5) is 16.7. The van der Waals surface area contributed by atoms with Crippen molar-refractivity contribution in [1.29, 1.82) is 0 Å². The first kappa shape index (κ1) is 23.9. The first-order chi connectivity index (χ1) is 15.9. The molecule has 9 heteroatoms. The van der Waals surface area contributed by atoms with Gasteiger partial charge in [0.1, 0.15) is 18.1 Å². The van der Waals surface area contributed by atoms with Crippen molar-refractivity contribution in [2.75, 3.05) is 17.5 Å². The molecule has 1 aromatic heterocycles. The normalized spacial score (nSPS) is 11.5. The second-order valence-corrected chi connectivity index (χ2v) is 9.44. The van der Waals surface area contributed by atoms with Gasteiger partial charge in [-0.1, -0.05) is 38.1 Å². The zero-order valence-corrected chi connectivity index (χ0v) is 19.3. The Hall–Kier alpha value is -3.72. The van der Waals surface area contributed by atoms with Crippen LogP contribution in [0.1, 0.15) is 19.4 Å². The molecule has 0 aliphatic rings. The third-order valence-corrected chi connectivity index (χ3v) is 6.15. The van der Waals surface area contributed by atoms with Gasteiger partial charge in [0, 0.05) is 6.20 Å². The molecule has 0 atom stereocenters. The largest absolute Gasteiger partial charge is 0.493 e. The Morgan fingerprint density at radius 1 is 1.06 bits per heavy atom. The van der Waals surface area contributed by atoms with E-state index in [1.165, 1.54) is 30.6 Å². The van der Waals surface area contributed by atoms with E-state index in [1.54, 1.807) is 30.3 Å². The lowest BCUT2D eigenvalue weighted by Gasteiger charge is -2.22. The van der Waals surface area contributed by atoms with Crippen molar-refractivity contribution in [3.8, 4) is 5.75 Å². The fourth-order valence-electron chi connectivity index (χ4n) is 2.77. The van der Waals surface area contributed by atoms with Crippen molar-refractivity contribution < 1.29 is 17.9 Å². The first-order valence-corrected chi connectivity index (χ1v) is 11.8. The second kappa shape index (κ2) is 11.2. The van der Waals surface area contributed by atoms with Gasteiger partial charge < -0.3 is 4.74 Å². The number of hydrazone groups is 1. The molecule has 0 aliphatic heterocycles. The summed E-state index contributed by atoms with van der Waals surface area (Å²) in [6.07, 6.45) is 2.94. The van der Waals surface area contributed by atoms with Gasteiger partial charge in [-0.25, -0.2) is 23.1 Å². The van der Waals surface area contributed by atoms with Crippen molar-refractivity contribution in [1.82, 2.24) is 10.4 Å². The Balaban J connectivity index is 1.68. The summed E-state index contributed by atoms with van der Waals surface area (Å²) in [6, 6.07) is 20.0. The molecule has 33 heavy (non-hydrogen) atoms. The Labute approximate surface area is 194 Å². The van der Waals surface area contributed by atoms with E-state index in [0.717, 1.165) is 15.6 Å². The predicted octanol–water partition coefficient (Wildman–Crippen LogP) is 3.46. The number of sulfonamides is 1. The molecule has 0 spiro atoms. The van der Waals surface area contributed by atoms with Crippen molar-refractivity contribution in [2.24, 2.45) is 11.0 Å². The zero-order valence-electron chi connectivity index (χ0n) is 18.5. The molecule has 0 fully saturated rings. The molecule has 0 bridgehead atoms. The maximum Gasteiger partial charge on any atom is 0.265 e. The Bertz CT molecular complexity index is 1170. The standard InChI is InChI=1S/C24H26N4O4S/c1-19(2)18-32-21-13-11-20(12-14-21)16-26-27-24(29)17-28(23-10-6-7-15-25-23)33(30,31)22-8-4-3-5-9-22/h3-16,19H,17-18H2,1-2H3,(H,27,29)/b26-16-. The van der Waals surface area contributed by atoms with Gasteiger partial charge in [0.2, 0.25) is 0 Å². The zero-order chi connectivity index (χ0) is 23.7. The van der Waals surface area contributed by atoms with Crippen LogP contribution in [-0.4, -0.2) is 38.7 Å². The molecule has 0 radical (unpaired) electrons. The average Bonchev–Trinajstić information content (AvgIpc) is 2.83. The monoisotopic (exact) mass is 466 g/mol. The molecule has 0 saturated heterocycles. The summed E-state index contributed by atoms with van der Waals surface area (Å²) < 4.78 is 32.9. The fraction of sp³-hybridized carbons (Fsp3) is 0.208. The van der Waals surface area contributed by atoms with Crippen LogP contribution in [0.25, 0.3) is 0 Å². The maximum atomic E-state index is 13.1. The van der Waals surface area contributed by atoms with Gasteiger partial charge >= 0.3 is 0 Å². The van der Waals surface area contributed by atoms with Gasteiger partial charge in [-0.05, 0) is 60.0 Å². The lowest BCUT2D eigenvalue weighted by molar-refractivity contribution is -0.119. The molecule has 3 aromatic rings. The molecular formula is C24H26N4O4S. The Kier molecular flexibility index (Phi) is 8.15. The number of aromatic nitrogens is 1. The molecule has 8 nitrogen and oxygen atoms in total. The minimum Gasteiger partial charge on any atom is -0.493 e. The number of pyridine rings is 1. The second-order valence-electron chi connectivity index (χ2n) is 7.58. The highest BCUT2D eigenvalue weighted by molar-refractivity contribution is 7.92. The number of carbonyl (C=O) groups is 1. The average molecular weight is 467 g/mol. The van der Waals surface area contributed by atoms with Crippen LogP contribution in [0.2, 0.25) is 0 Å². The summed E-state index contributed by atoms with van der Waals surface area (Å²) >= 11 is 0. The van der Waals surface area contributed by atoms with Crippen LogP contribution in [0.4, 0.5) is 5.82 Å². The molecular weight excluding hydrogens is 440 g/mol. The van der Waals surface area contributed by atoms with Crippen LogP contribution in [0, 0.1) is 5.92 Å². The number of hydrogen-bond acceptors (Lipinski definition) is 6. The van der Waals surface area contributed by atoms with Gasteiger partial charge in [0.05, 0.1) is 17.7 Å². The van der Waals surface area contributed by atoms with Gasteiger partial charge in [0.25, 0.3) is 15.9 Å². The van der Waals surface area contributed by atoms with Gasteiger partial charge in [-0.3, -0.25) is 4.79 Å². The van der Waals surface area contributed by atoms with Crippen LogP contribution in [-0.2, 0) is 14.8 Å². The van der Waals surface area contributed by atoms with Crippen molar-refractivity contribution in [2.45, 2.75) is 18.7 Å². The minimum atomic E-state index is -4.00. The summed E-state index contributed by atoms with van der Waals surface area (Å²) in [5.41, 5.74) is 3.13. The molecule has 172 valence electrons. The third-order valence-electron chi connectivity index (χ3n) is 4.39. The first-order valence-electron chi connectivity index (χ1n) is 10.4. The van der Waals surface area contributed by atoms with Gasteiger partial charge in [-0.15, -0.1) is 0 Å². The number of carbonyl (C=O) groups excluding carboxylic acids is 1. The van der Waals surface area contributed by atoms with Crippen LogP contribution < -0.4 is 14.5 Å². The number of hydrogen-bond donors (Lipinski definition) is 1. The lowest BCUT2D eigenvalue weighted by Crippen LogP contribution is -2.40. The maximum absolute atomic E-state index is 13.1. The summed E-state index contributed by atoms with van der Waals surface area (Å²) in [5.74, 6) is 0.714. The quantitative estimate of drug-likeness (QED) is 0.364. The van der Waals surface area contributed by atoms with Crippen molar-refractivity contribution in [3.05, 3.63) is 84.6 Å². The third kappa shape index (κ3) is 6.88. The van der Waals surface area contributed by atoms with Crippen LogP contribution in [0.15, 0.2) is 89.0 Å². The molecule has 1 N–H and O–H groups in total. The molecule has 0 saturated carbocycles. The Morgan fingerprint density at radius 2 is 1.76 bits per heavy atom. The van der Waals surface area contributed by atoms with E-state index in [1.807, 2.05) is 24.3 Å². The fourth-order valence-corrected chi connectivity index (χ4v) is 4.16. The minimum absolute atomic E-state index is 0.0618. The molecule has 0 unspecified atom stereocenters. The predicted molar refractivity (Wildman–Crippen MR) is 128 cm³/mol. The van der Waals surface area contributed by atoms with Crippen molar-refractivity contribution >= 4 is 28.0 Å². The van der Waals surface area contributed by atoms with E-state index in [2.05, 4.69) is 29.4 Å². The Morgan fingerprint density at radius 3 is 2.39 bits per heavy atom. The number of anilines is 1. The van der Waals surface area contributed by atoms with Crippen LogP contribution in [0.5, 0.6) is 5.75 Å². The van der Waals surface area contributed by atoms with E-state index >= 15 is 0 Å². The highest BCUT2D eigenvalue weighted by Gasteiger charge is 2.27. The van der Waals surface area contributed by atoms with E-state index in [4.69, 9.17) is 4.74 Å². The van der Waals surface area contributed by atoms with Crippen LogP contribution in [0.3, 0.4) is 0 Å². The number of ether oxygens (including phenoxy) is 1. The highest BCUT2D eigenvalue weighted by atomic mass is 32.2. The SMILES string of the molecule is CC(C)COc1ccc(/C=N\NC(=O)CN(c2ccccn2)S(=O)(=O)c2ccccc2)cc1. The smallest absolute Gasteiger partial charge is 0.265 e. The van der Waals surface area contributed by atoms with Crippen molar-refractivity contribution in [3.63, 3.8) is 0 Å². The number of benzene rings is 2. The highest BCUT2D eigenvalue weighted by Crippen LogP contribution is 2.21. The number of nitrogens with one attached hydrogen (secondary N) is 1. The number of amides is 1. The topological polar surface area (TPSA) is 101 Å². The van der Waals surface area contributed by atoms with Gasteiger partial charge in [0.15, 0.2) is 0 Å².